The number of nitrogens with one attached hydrogen (secondary N) is 1. The zero-order valence-corrected chi connectivity index (χ0v) is 15.1. The number of carbonyl (C=O) groups excluding carboxylic acids is 1. The highest BCUT2D eigenvalue weighted by atomic mass is 32.1. The number of ether oxygens (including phenoxy) is 1. The lowest BCUT2D eigenvalue weighted by atomic mass is 10.1. The number of rotatable bonds is 8. The molecule has 0 aliphatic carbocycles. The molecule has 1 aromatic heterocycles. The van der Waals surface area contributed by atoms with Crippen molar-refractivity contribution in [2.75, 3.05) is 20.2 Å². The van der Waals surface area contributed by atoms with E-state index >= 15 is 0 Å². The molecule has 0 fully saturated rings. The topological polar surface area (TPSA) is 82.6 Å². The third-order valence-corrected chi connectivity index (χ3v) is 4.51. The first-order valence-electron chi connectivity index (χ1n) is 7.97. The minimum absolute atomic E-state index is 0.0577. The van der Waals surface area contributed by atoms with Gasteiger partial charge in [-0.25, -0.2) is 0 Å². The largest absolute Gasteiger partial charge is 0.494 e. The number of likely N-dealkylation sites (N-methyl/N-ethyl adjacent to an activating group) is 1. The maximum Gasteiger partial charge on any atom is 0.307 e. The van der Waals surface area contributed by atoms with E-state index in [4.69, 9.17) is 4.74 Å². The molecular formula is C18H22N2O4S. The smallest absolute Gasteiger partial charge is 0.307 e. The summed E-state index contributed by atoms with van der Waals surface area (Å²) < 4.78 is 5.65. The summed E-state index contributed by atoms with van der Waals surface area (Å²) in [5.41, 5.74) is 0.969. The molecule has 0 bridgehead atoms. The Bertz CT molecular complexity index is 777. The summed E-state index contributed by atoms with van der Waals surface area (Å²) in [7, 11) is 1.76. The van der Waals surface area contributed by atoms with Crippen molar-refractivity contribution in [2.24, 2.45) is 0 Å². The fourth-order valence-corrected chi connectivity index (χ4v) is 2.92. The van der Waals surface area contributed by atoms with Crippen LogP contribution in [-0.4, -0.2) is 41.1 Å². The highest BCUT2D eigenvalue weighted by molar-refractivity contribution is 7.09. The van der Waals surface area contributed by atoms with Crippen LogP contribution in [0.15, 0.2) is 41.2 Å². The summed E-state index contributed by atoms with van der Waals surface area (Å²) in [6.45, 7) is 2.82. The Balaban J connectivity index is 1.81. The molecule has 2 N–H and O–H groups in total. The lowest BCUT2D eigenvalue weighted by Gasteiger charge is -2.16. The second kappa shape index (κ2) is 9.08. The number of benzene rings is 1. The Kier molecular flexibility index (Phi) is 6.82. The molecule has 1 heterocycles. The van der Waals surface area contributed by atoms with Gasteiger partial charge in [0.1, 0.15) is 12.4 Å². The molecule has 25 heavy (non-hydrogen) atoms. The van der Waals surface area contributed by atoms with Gasteiger partial charge in [0.2, 0.25) is 11.8 Å². The normalized spacial score (nSPS) is 11.0. The van der Waals surface area contributed by atoms with Crippen LogP contribution in [0.4, 0.5) is 0 Å². The summed E-state index contributed by atoms with van der Waals surface area (Å²) in [5, 5.41) is 9.61. The van der Waals surface area contributed by atoms with Gasteiger partial charge in [0, 0.05) is 19.9 Å². The Morgan fingerprint density at radius 1 is 1.36 bits per heavy atom. The van der Waals surface area contributed by atoms with Gasteiger partial charge < -0.3 is 14.7 Å². The van der Waals surface area contributed by atoms with Crippen molar-refractivity contribution in [1.29, 1.82) is 0 Å². The fourth-order valence-electron chi connectivity index (χ4n) is 2.16. The van der Waals surface area contributed by atoms with E-state index in [0.717, 1.165) is 16.9 Å². The summed E-state index contributed by atoms with van der Waals surface area (Å²) in [6, 6.07) is 7.45. The van der Waals surface area contributed by atoms with Crippen LogP contribution in [-0.2, 0) is 11.2 Å². The molecule has 6 nitrogen and oxygen atoms in total. The molecule has 0 aliphatic heterocycles. The van der Waals surface area contributed by atoms with Crippen LogP contribution in [0.2, 0.25) is 0 Å². The zero-order valence-electron chi connectivity index (χ0n) is 14.3. The summed E-state index contributed by atoms with van der Waals surface area (Å²) in [5.74, 6) is 0.702. The van der Waals surface area contributed by atoms with E-state index in [1.807, 2.05) is 43.3 Å². The molecule has 2 rings (SSSR count). The van der Waals surface area contributed by atoms with Crippen LogP contribution in [0.25, 0.3) is 0 Å². The molecular weight excluding hydrogens is 340 g/mol. The second-order valence-electron chi connectivity index (χ2n) is 5.54. The van der Waals surface area contributed by atoms with Crippen molar-refractivity contribution in [3.05, 3.63) is 56.5 Å². The summed E-state index contributed by atoms with van der Waals surface area (Å²) in [6.07, 6.45) is 4.57. The molecule has 1 aromatic carbocycles. The molecule has 0 saturated carbocycles. The predicted octanol–water partition coefficient (Wildman–Crippen LogP) is 2.54. The van der Waals surface area contributed by atoms with Crippen molar-refractivity contribution in [2.45, 2.75) is 19.8 Å². The molecule has 0 saturated heterocycles. The standard InChI is InChI=1S/C18H22N2O4S/c1-3-4-5-16(21)20(2)10-11-24-14-8-6-13(7-9-14)12-15-17(22)19-18(23)25-15/h3-4,6-9,22H,5,10-12H2,1-2H3,(H,19,23)/b4-3+. The number of hydrogen-bond donors (Lipinski definition) is 2. The van der Waals surface area contributed by atoms with Crippen LogP contribution >= 0.6 is 11.3 Å². The van der Waals surface area contributed by atoms with Crippen molar-refractivity contribution in [1.82, 2.24) is 9.88 Å². The molecule has 0 atom stereocenters. The Morgan fingerprint density at radius 3 is 2.68 bits per heavy atom. The molecule has 2 aromatic rings. The van der Waals surface area contributed by atoms with E-state index in [0.29, 0.717) is 36.6 Å². The highest BCUT2D eigenvalue weighted by Gasteiger charge is 2.08. The minimum atomic E-state index is -0.263. The lowest BCUT2D eigenvalue weighted by molar-refractivity contribution is -0.129. The number of thiazole rings is 1. The SMILES string of the molecule is C/C=C/CC(=O)N(C)CCOc1ccc(Cc2sc(=O)[nH]c2O)cc1. The van der Waals surface area contributed by atoms with Gasteiger partial charge >= 0.3 is 4.87 Å². The van der Waals surface area contributed by atoms with Crippen LogP contribution < -0.4 is 9.61 Å². The quantitative estimate of drug-likeness (QED) is 0.707. The number of hydrogen-bond acceptors (Lipinski definition) is 5. The third kappa shape index (κ3) is 5.79. The number of aromatic hydroxyl groups is 1. The zero-order chi connectivity index (χ0) is 18.2. The number of H-pyrrole nitrogens is 1. The summed E-state index contributed by atoms with van der Waals surface area (Å²) in [4.78, 5) is 27.3. The molecule has 0 radical (unpaired) electrons. The first-order chi connectivity index (χ1) is 12.0. The molecule has 0 spiro atoms. The van der Waals surface area contributed by atoms with Gasteiger partial charge in [-0.05, 0) is 24.6 Å². The number of aromatic nitrogens is 1. The number of aromatic amines is 1. The van der Waals surface area contributed by atoms with Crippen LogP contribution in [0, 0.1) is 0 Å². The van der Waals surface area contributed by atoms with Gasteiger partial charge in [-0.15, -0.1) is 0 Å². The van der Waals surface area contributed by atoms with E-state index in [9.17, 15) is 14.7 Å². The van der Waals surface area contributed by atoms with Crippen LogP contribution in [0.3, 0.4) is 0 Å². The lowest BCUT2D eigenvalue weighted by Crippen LogP contribution is -2.30. The maximum absolute atomic E-state index is 11.8. The number of amides is 1. The maximum atomic E-state index is 11.8. The Morgan fingerprint density at radius 2 is 2.08 bits per heavy atom. The van der Waals surface area contributed by atoms with Crippen molar-refractivity contribution >= 4 is 17.2 Å². The van der Waals surface area contributed by atoms with Crippen molar-refractivity contribution in [3.8, 4) is 11.6 Å². The van der Waals surface area contributed by atoms with Crippen LogP contribution in [0.1, 0.15) is 23.8 Å². The van der Waals surface area contributed by atoms with E-state index in [-0.39, 0.29) is 16.7 Å². The Hall–Kier alpha value is -2.54. The monoisotopic (exact) mass is 362 g/mol. The molecule has 0 unspecified atom stereocenters. The summed E-state index contributed by atoms with van der Waals surface area (Å²) >= 11 is 1.00. The van der Waals surface area contributed by atoms with E-state index in [2.05, 4.69) is 4.98 Å². The van der Waals surface area contributed by atoms with Gasteiger partial charge in [0.25, 0.3) is 0 Å². The third-order valence-electron chi connectivity index (χ3n) is 3.64. The van der Waals surface area contributed by atoms with E-state index < -0.39 is 0 Å². The van der Waals surface area contributed by atoms with Gasteiger partial charge in [-0.3, -0.25) is 14.6 Å². The predicted molar refractivity (Wildman–Crippen MR) is 98.4 cm³/mol. The average molecular weight is 362 g/mol. The van der Waals surface area contributed by atoms with Gasteiger partial charge in [0.15, 0.2) is 0 Å². The van der Waals surface area contributed by atoms with Gasteiger partial charge in [-0.2, -0.15) is 0 Å². The van der Waals surface area contributed by atoms with Crippen LogP contribution in [0.5, 0.6) is 11.6 Å². The highest BCUT2D eigenvalue weighted by Crippen LogP contribution is 2.21. The average Bonchev–Trinajstić information content (AvgIpc) is 2.91. The van der Waals surface area contributed by atoms with E-state index in [1.165, 1.54) is 0 Å². The van der Waals surface area contributed by atoms with E-state index in [1.54, 1.807) is 11.9 Å². The molecule has 134 valence electrons. The molecule has 1 amide bonds. The van der Waals surface area contributed by atoms with Gasteiger partial charge in [0.05, 0.1) is 11.4 Å². The number of allylic oxidation sites excluding steroid dienone is 1. The van der Waals surface area contributed by atoms with Crippen molar-refractivity contribution in [3.63, 3.8) is 0 Å². The second-order valence-corrected chi connectivity index (χ2v) is 6.61. The molecule has 0 aliphatic rings. The number of carbonyl (C=O) groups is 1. The van der Waals surface area contributed by atoms with Crippen molar-refractivity contribution < 1.29 is 14.6 Å². The minimum Gasteiger partial charge on any atom is -0.494 e. The first-order valence-corrected chi connectivity index (χ1v) is 8.79. The fraction of sp³-hybridized carbons (Fsp3) is 0.333. The molecule has 7 heteroatoms. The van der Waals surface area contributed by atoms with Gasteiger partial charge in [-0.1, -0.05) is 35.6 Å². The first kappa shape index (κ1) is 18.8. The number of nitrogens with zero attached hydrogens (tertiary/aromatic N) is 1. The Labute approximate surface area is 150 Å².